The highest BCUT2D eigenvalue weighted by molar-refractivity contribution is 9.10. The Balaban J connectivity index is 1.90. The molecule has 0 spiro atoms. The van der Waals surface area contributed by atoms with Gasteiger partial charge in [0.25, 0.3) is 0 Å². The fourth-order valence-electron chi connectivity index (χ4n) is 2.07. The van der Waals surface area contributed by atoms with E-state index in [1.165, 1.54) is 11.1 Å². The highest BCUT2D eigenvalue weighted by atomic mass is 79.9. The Bertz CT molecular complexity index is 522. The van der Waals surface area contributed by atoms with Gasteiger partial charge in [-0.3, -0.25) is 4.90 Å². The van der Waals surface area contributed by atoms with Gasteiger partial charge < -0.3 is 5.32 Å². The zero-order valence-corrected chi connectivity index (χ0v) is 13.5. The molecule has 0 saturated carbocycles. The Kier molecular flexibility index (Phi) is 5.56. The minimum atomic E-state index is 0.898. The van der Waals surface area contributed by atoms with Gasteiger partial charge >= 0.3 is 0 Å². The van der Waals surface area contributed by atoms with E-state index in [0.717, 1.165) is 29.9 Å². The molecule has 0 aliphatic heterocycles. The number of nitrogens with zero attached hydrogens (tertiary/aromatic N) is 2. The molecule has 1 aromatic carbocycles. The van der Waals surface area contributed by atoms with Crippen LogP contribution in [0.2, 0.25) is 0 Å². The van der Waals surface area contributed by atoms with Crippen LogP contribution in [0.4, 0.5) is 5.82 Å². The summed E-state index contributed by atoms with van der Waals surface area (Å²) in [6.07, 6.45) is 1.94. The number of nitrogens with one attached hydrogen (secondary N) is 1. The summed E-state index contributed by atoms with van der Waals surface area (Å²) >= 11 is 3.46. The SMILES string of the molecule is CCNc1ccc(CN(C)Cc2ccc(Br)cc2)cn1. The van der Waals surface area contributed by atoms with E-state index in [0.29, 0.717) is 0 Å². The maximum absolute atomic E-state index is 4.40. The molecular weight excluding hydrogens is 314 g/mol. The highest BCUT2D eigenvalue weighted by Gasteiger charge is 2.03. The zero-order chi connectivity index (χ0) is 14.4. The molecule has 0 amide bonds. The number of rotatable bonds is 6. The summed E-state index contributed by atoms with van der Waals surface area (Å²) in [5.74, 6) is 0.937. The van der Waals surface area contributed by atoms with E-state index < -0.39 is 0 Å². The van der Waals surface area contributed by atoms with Crippen molar-refractivity contribution in [2.24, 2.45) is 0 Å². The van der Waals surface area contributed by atoms with Gasteiger partial charge in [0.15, 0.2) is 0 Å². The van der Waals surface area contributed by atoms with Crippen molar-refractivity contribution in [2.45, 2.75) is 20.0 Å². The Morgan fingerprint density at radius 2 is 1.70 bits per heavy atom. The summed E-state index contributed by atoms with van der Waals surface area (Å²) in [6.45, 7) is 4.80. The van der Waals surface area contributed by atoms with Gasteiger partial charge in [-0.25, -0.2) is 4.98 Å². The van der Waals surface area contributed by atoms with Crippen molar-refractivity contribution in [2.75, 3.05) is 18.9 Å². The second-order valence-electron chi connectivity index (χ2n) is 4.88. The van der Waals surface area contributed by atoms with E-state index in [1.54, 1.807) is 0 Å². The van der Waals surface area contributed by atoms with Crippen LogP contribution in [0.25, 0.3) is 0 Å². The van der Waals surface area contributed by atoms with Crippen molar-refractivity contribution < 1.29 is 0 Å². The molecule has 0 bridgehead atoms. The van der Waals surface area contributed by atoms with Gasteiger partial charge in [-0.2, -0.15) is 0 Å². The van der Waals surface area contributed by atoms with Gasteiger partial charge in [0.05, 0.1) is 0 Å². The third kappa shape index (κ3) is 4.62. The summed E-state index contributed by atoms with van der Waals surface area (Å²) in [4.78, 5) is 6.68. The maximum Gasteiger partial charge on any atom is 0.125 e. The topological polar surface area (TPSA) is 28.2 Å². The average molecular weight is 334 g/mol. The normalized spacial score (nSPS) is 10.8. The number of aromatic nitrogens is 1. The first-order valence-electron chi connectivity index (χ1n) is 6.79. The van der Waals surface area contributed by atoms with Crippen LogP contribution in [0.15, 0.2) is 47.1 Å². The van der Waals surface area contributed by atoms with E-state index in [9.17, 15) is 0 Å². The lowest BCUT2D eigenvalue weighted by Gasteiger charge is -2.17. The summed E-state index contributed by atoms with van der Waals surface area (Å²) in [7, 11) is 2.13. The molecule has 2 rings (SSSR count). The first kappa shape index (κ1) is 15.0. The van der Waals surface area contributed by atoms with E-state index in [-0.39, 0.29) is 0 Å². The van der Waals surface area contributed by atoms with Crippen molar-refractivity contribution in [3.05, 3.63) is 58.2 Å². The molecule has 0 aliphatic carbocycles. The fraction of sp³-hybridized carbons (Fsp3) is 0.312. The second kappa shape index (κ2) is 7.41. The van der Waals surface area contributed by atoms with Crippen LogP contribution < -0.4 is 5.32 Å². The van der Waals surface area contributed by atoms with Crippen LogP contribution in [0.3, 0.4) is 0 Å². The van der Waals surface area contributed by atoms with Crippen molar-refractivity contribution in [1.82, 2.24) is 9.88 Å². The van der Waals surface area contributed by atoms with Gasteiger partial charge in [0.2, 0.25) is 0 Å². The van der Waals surface area contributed by atoms with Crippen molar-refractivity contribution >= 4 is 21.7 Å². The van der Waals surface area contributed by atoms with Crippen LogP contribution in [-0.2, 0) is 13.1 Å². The van der Waals surface area contributed by atoms with Crippen LogP contribution >= 0.6 is 15.9 Å². The van der Waals surface area contributed by atoms with Gasteiger partial charge in [-0.1, -0.05) is 34.1 Å². The van der Waals surface area contributed by atoms with Crippen molar-refractivity contribution in [3.8, 4) is 0 Å². The quantitative estimate of drug-likeness (QED) is 0.868. The van der Waals surface area contributed by atoms with Gasteiger partial charge in [-0.05, 0) is 43.3 Å². The van der Waals surface area contributed by atoms with E-state index in [1.807, 2.05) is 12.3 Å². The largest absolute Gasteiger partial charge is 0.370 e. The van der Waals surface area contributed by atoms with Crippen LogP contribution in [0.1, 0.15) is 18.1 Å². The fourth-order valence-corrected chi connectivity index (χ4v) is 2.34. The minimum absolute atomic E-state index is 0.898. The third-order valence-electron chi connectivity index (χ3n) is 3.00. The van der Waals surface area contributed by atoms with Crippen LogP contribution in [0.5, 0.6) is 0 Å². The molecule has 1 N–H and O–H groups in total. The average Bonchev–Trinajstić information content (AvgIpc) is 2.44. The molecule has 0 fully saturated rings. The number of hydrogen-bond acceptors (Lipinski definition) is 3. The molecule has 0 saturated heterocycles. The molecular formula is C16H20BrN3. The maximum atomic E-state index is 4.40. The zero-order valence-electron chi connectivity index (χ0n) is 11.9. The van der Waals surface area contributed by atoms with Crippen LogP contribution in [-0.4, -0.2) is 23.5 Å². The smallest absolute Gasteiger partial charge is 0.125 e. The molecule has 0 aliphatic rings. The first-order chi connectivity index (χ1) is 9.67. The summed E-state index contributed by atoms with van der Waals surface area (Å²) < 4.78 is 1.12. The van der Waals surface area contributed by atoms with Crippen molar-refractivity contribution in [3.63, 3.8) is 0 Å². The Labute approximate surface area is 129 Å². The lowest BCUT2D eigenvalue weighted by Crippen LogP contribution is -2.17. The lowest BCUT2D eigenvalue weighted by atomic mass is 10.2. The van der Waals surface area contributed by atoms with Gasteiger partial charge in [-0.15, -0.1) is 0 Å². The molecule has 2 aromatic rings. The van der Waals surface area contributed by atoms with E-state index in [4.69, 9.17) is 0 Å². The van der Waals surface area contributed by atoms with Gasteiger partial charge in [0.1, 0.15) is 5.82 Å². The summed E-state index contributed by atoms with van der Waals surface area (Å²) in [5.41, 5.74) is 2.54. The van der Waals surface area contributed by atoms with Gasteiger partial charge in [0, 0.05) is 30.3 Å². The Hall–Kier alpha value is -1.39. The molecule has 0 radical (unpaired) electrons. The summed E-state index contributed by atoms with van der Waals surface area (Å²) in [6, 6.07) is 12.6. The first-order valence-corrected chi connectivity index (χ1v) is 7.58. The molecule has 0 unspecified atom stereocenters. The molecule has 106 valence electrons. The lowest BCUT2D eigenvalue weighted by molar-refractivity contribution is 0.318. The number of hydrogen-bond donors (Lipinski definition) is 1. The van der Waals surface area contributed by atoms with Crippen molar-refractivity contribution in [1.29, 1.82) is 0 Å². The molecule has 0 atom stereocenters. The highest BCUT2D eigenvalue weighted by Crippen LogP contribution is 2.13. The molecule has 4 heteroatoms. The number of benzene rings is 1. The predicted molar refractivity (Wildman–Crippen MR) is 87.7 cm³/mol. The van der Waals surface area contributed by atoms with E-state index in [2.05, 4.69) is 75.4 Å². The molecule has 1 heterocycles. The number of pyridine rings is 1. The second-order valence-corrected chi connectivity index (χ2v) is 5.80. The third-order valence-corrected chi connectivity index (χ3v) is 3.53. The number of anilines is 1. The predicted octanol–water partition coefficient (Wildman–Crippen LogP) is 3.91. The number of halogens is 1. The minimum Gasteiger partial charge on any atom is -0.370 e. The standard InChI is InChI=1S/C16H20BrN3/c1-3-18-16-9-6-14(10-19-16)12-20(2)11-13-4-7-15(17)8-5-13/h4-10H,3,11-12H2,1-2H3,(H,18,19). The van der Waals surface area contributed by atoms with Crippen LogP contribution in [0, 0.1) is 0 Å². The Morgan fingerprint density at radius 3 is 2.30 bits per heavy atom. The molecule has 1 aromatic heterocycles. The Morgan fingerprint density at radius 1 is 1.05 bits per heavy atom. The molecule has 20 heavy (non-hydrogen) atoms. The van der Waals surface area contributed by atoms with E-state index >= 15 is 0 Å². The summed E-state index contributed by atoms with van der Waals surface area (Å²) in [5, 5.41) is 3.20. The monoisotopic (exact) mass is 333 g/mol. The molecule has 3 nitrogen and oxygen atoms in total.